The van der Waals surface area contributed by atoms with E-state index in [4.69, 9.17) is 16.3 Å². The lowest BCUT2D eigenvalue weighted by Crippen LogP contribution is -2.49. The molecule has 36 heavy (non-hydrogen) atoms. The van der Waals surface area contributed by atoms with Gasteiger partial charge in [-0.3, -0.25) is 34.9 Å². The zero-order valence-electron chi connectivity index (χ0n) is 19.2. The first-order valence-electron chi connectivity index (χ1n) is 11.4. The number of amides is 4. The molecule has 1 aliphatic carbocycles. The second kappa shape index (κ2) is 11.2. The lowest BCUT2D eigenvalue weighted by atomic mass is 9.85. The molecule has 10 heteroatoms. The topological polar surface area (TPSA) is 122 Å². The number of ether oxygens (including phenoxy) is 1. The van der Waals surface area contributed by atoms with E-state index in [0.717, 1.165) is 10.5 Å². The molecule has 4 rings (SSSR count). The Bertz CT molecular complexity index is 1170. The summed E-state index contributed by atoms with van der Waals surface area (Å²) < 4.78 is 5.17. The Balaban J connectivity index is 1.40. The van der Waals surface area contributed by atoms with Crippen molar-refractivity contribution in [3.63, 3.8) is 0 Å². The summed E-state index contributed by atoms with van der Waals surface area (Å²) in [5.41, 5.74) is 5.37. The van der Waals surface area contributed by atoms with Crippen LogP contribution >= 0.6 is 11.6 Å². The van der Waals surface area contributed by atoms with Crippen molar-refractivity contribution in [3.8, 4) is 0 Å². The molecule has 2 aromatic rings. The number of carbonyl (C=O) groups is 5. The number of benzene rings is 2. The van der Waals surface area contributed by atoms with Gasteiger partial charge in [0.1, 0.15) is 6.04 Å². The minimum Gasteiger partial charge on any atom is -0.454 e. The third kappa shape index (κ3) is 5.63. The molecule has 1 aliphatic heterocycles. The van der Waals surface area contributed by atoms with E-state index in [0.29, 0.717) is 17.9 Å². The van der Waals surface area contributed by atoms with Crippen LogP contribution in [0.3, 0.4) is 0 Å². The number of rotatable bonds is 7. The van der Waals surface area contributed by atoms with Gasteiger partial charge in [-0.15, -0.1) is 0 Å². The molecular formula is C26H24ClN3O6. The molecule has 0 saturated carbocycles. The number of nitrogens with one attached hydrogen (secondary N) is 2. The Kier molecular flexibility index (Phi) is 7.80. The highest BCUT2D eigenvalue weighted by atomic mass is 35.5. The number of hydrogen-bond donors (Lipinski definition) is 2. The molecule has 9 nitrogen and oxygen atoms in total. The van der Waals surface area contributed by atoms with Crippen molar-refractivity contribution in [2.45, 2.75) is 25.3 Å². The molecule has 0 unspecified atom stereocenters. The minimum absolute atomic E-state index is 0.0545. The molecule has 2 N–H and O–H groups in total. The van der Waals surface area contributed by atoms with E-state index in [1.807, 2.05) is 18.2 Å². The Morgan fingerprint density at radius 2 is 1.53 bits per heavy atom. The summed E-state index contributed by atoms with van der Waals surface area (Å²) >= 11 is 5.79. The third-order valence-corrected chi connectivity index (χ3v) is 6.42. The summed E-state index contributed by atoms with van der Waals surface area (Å²) in [5.74, 6) is -4.08. The van der Waals surface area contributed by atoms with Gasteiger partial charge in [-0.1, -0.05) is 54.1 Å². The Labute approximate surface area is 212 Å². The maximum Gasteiger partial charge on any atom is 0.330 e. The van der Waals surface area contributed by atoms with Crippen LogP contribution in [0.1, 0.15) is 28.8 Å². The van der Waals surface area contributed by atoms with Gasteiger partial charge < -0.3 is 4.74 Å². The molecule has 186 valence electrons. The van der Waals surface area contributed by atoms with E-state index < -0.39 is 54.1 Å². The average Bonchev–Trinajstić information content (AvgIpc) is 3.15. The molecule has 0 radical (unpaired) electrons. The largest absolute Gasteiger partial charge is 0.454 e. The molecule has 1 heterocycles. The number of carbonyl (C=O) groups excluding carboxylic acids is 5. The number of imide groups is 1. The van der Waals surface area contributed by atoms with E-state index in [9.17, 15) is 24.0 Å². The van der Waals surface area contributed by atoms with Crippen molar-refractivity contribution in [2.75, 3.05) is 6.61 Å². The highest BCUT2D eigenvalue weighted by molar-refractivity contribution is 6.30. The van der Waals surface area contributed by atoms with Crippen LogP contribution in [0.25, 0.3) is 0 Å². The quantitative estimate of drug-likeness (QED) is 0.255. The van der Waals surface area contributed by atoms with Crippen molar-refractivity contribution in [2.24, 2.45) is 11.8 Å². The summed E-state index contributed by atoms with van der Waals surface area (Å²) in [7, 11) is 0. The number of likely N-dealkylation sites (tertiary alicyclic amines) is 1. The van der Waals surface area contributed by atoms with Crippen LogP contribution in [-0.2, 0) is 30.3 Å². The van der Waals surface area contributed by atoms with Gasteiger partial charge in [0.2, 0.25) is 11.8 Å². The van der Waals surface area contributed by atoms with Crippen LogP contribution in [0.5, 0.6) is 0 Å². The number of hydrogen-bond acceptors (Lipinski definition) is 6. The number of fused-ring (bicyclic) bond motifs is 1. The first-order chi connectivity index (χ1) is 17.3. The fourth-order valence-electron chi connectivity index (χ4n) is 4.32. The monoisotopic (exact) mass is 509 g/mol. The van der Waals surface area contributed by atoms with Crippen LogP contribution in [-0.4, -0.2) is 47.1 Å². The second-order valence-corrected chi connectivity index (χ2v) is 8.96. The van der Waals surface area contributed by atoms with Gasteiger partial charge in [-0.2, -0.15) is 0 Å². The first-order valence-corrected chi connectivity index (χ1v) is 11.8. The van der Waals surface area contributed by atoms with Gasteiger partial charge in [-0.05, 0) is 42.7 Å². The van der Waals surface area contributed by atoms with Crippen molar-refractivity contribution in [3.05, 3.63) is 82.9 Å². The molecule has 2 aliphatic rings. The van der Waals surface area contributed by atoms with Gasteiger partial charge in [0.15, 0.2) is 6.61 Å². The predicted molar refractivity (Wildman–Crippen MR) is 129 cm³/mol. The molecule has 1 fully saturated rings. The third-order valence-electron chi connectivity index (χ3n) is 6.16. The SMILES string of the molecule is O=C(COC(=O)[C@@H](Cc1ccccc1)N1C(=O)[C@H]2CC=CC[C@H]2C1=O)NNC(=O)c1ccc(Cl)cc1. The molecule has 0 bridgehead atoms. The van der Waals surface area contributed by atoms with E-state index in [1.54, 1.807) is 24.3 Å². The molecule has 3 atom stereocenters. The van der Waals surface area contributed by atoms with Crippen LogP contribution in [0.15, 0.2) is 66.7 Å². The fraction of sp³-hybridized carbons (Fsp3) is 0.269. The number of allylic oxidation sites excluding steroid dienone is 2. The molecule has 0 aromatic heterocycles. The summed E-state index contributed by atoms with van der Waals surface area (Å²) in [6.07, 6.45) is 4.66. The van der Waals surface area contributed by atoms with Crippen molar-refractivity contribution >= 4 is 41.2 Å². The Hall–Kier alpha value is -3.98. The lowest BCUT2D eigenvalue weighted by Gasteiger charge is -2.25. The maximum atomic E-state index is 13.1. The number of nitrogens with zero attached hydrogens (tertiary/aromatic N) is 1. The van der Waals surface area contributed by atoms with E-state index in [1.165, 1.54) is 24.3 Å². The van der Waals surface area contributed by atoms with Crippen LogP contribution in [0, 0.1) is 11.8 Å². The highest BCUT2D eigenvalue weighted by Gasteiger charge is 2.51. The van der Waals surface area contributed by atoms with Gasteiger partial charge >= 0.3 is 5.97 Å². The smallest absolute Gasteiger partial charge is 0.330 e. The minimum atomic E-state index is -1.21. The van der Waals surface area contributed by atoms with Crippen LogP contribution < -0.4 is 10.9 Å². The van der Waals surface area contributed by atoms with Gasteiger partial charge in [0.25, 0.3) is 11.8 Å². The highest BCUT2D eigenvalue weighted by Crippen LogP contribution is 2.36. The zero-order chi connectivity index (χ0) is 25.7. The molecule has 0 spiro atoms. The summed E-state index contributed by atoms with van der Waals surface area (Å²) in [6.45, 7) is -0.713. The summed E-state index contributed by atoms with van der Waals surface area (Å²) in [5, 5.41) is 0.457. The normalized spacial score (nSPS) is 19.4. The lowest BCUT2D eigenvalue weighted by molar-refractivity contribution is -0.160. The molecular weight excluding hydrogens is 486 g/mol. The van der Waals surface area contributed by atoms with Crippen LogP contribution in [0.4, 0.5) is 0 Å². The average molecular weight is 510 g/mol. The zero-order valence-corrected chi connectivity index (χ0v) is 19.9. The fourth-order valence-corrected chi connectivity index (χ4v) is 4.45. The Morgan fingerprint density at radius 1 is 0.917 bits per heavy atom. The van der Waals surface area contributed by atoms with Crippen molar-refractivity contribution in [1.29, 1.82) is 0 Å². The van der Waals surface area contributed by atoms with Crippen molar-refractivity contribution in [1.82, 2.24) is 15.8 Å². The molecule has 2 aromatic carbocycles. The number of hydrazine groups is 1. The maximum absolute atomic E-state index is 13.1. The van der Waals surface area contributed by atoms with Gasteiger partial charge in [0.05, 0.1) is 11.8 Å². The first kappa shape index (κ1) is 25.1. The van der Waals surface area contributed by atoms with E-state index >= 15 is 0 Å². The second-order valence-electron chi connectivity index (χ2n) is 8.52. The Morgan fingerprint density at radius 3 is 2.14 bits per heavy atom. The van der Waals surface area contributed by atoms with Crippen molar-refractivity contribution < 1.29 is 28.7 Å². The molecule has 1 saturated heterocycles. The van der Waals surface area contributed by atoms with Crippen LogP contribution in [0.2, 0.25) is 5.02 Å². The standard InChI is InChI=1S/C26H24ClN3O6/c27-18-12-10-17(11-13-18)23(32)29-28-22(31)15-36-26(35)21(14-16-6-2-1-3-7-16)30-24(33)19-8-4-5-9-20(19)25(30)34/h1-7,10-13,19-21H,8-9,14-15H2,(H,28,31)(H,29,32)/t19-,20+,21-/m1/s1. The predicted octanol–water partition coefficient (Wildman–Crippen LogP) is 2.21. The number of esters is 1. The number of halogens is 1. The van der Waals surface area contributed by atoms with Gasteiger partial charge in [0, 0.05) is 17.0 Å². The molecule has 4 amide bonds. The summed E-state index contributed by atoms with van der Waals surface area (Å²) in [4.78, 5) is 64.5. The summed E-state index contributed by atoms with van der Waals surface area (Å²) in [6, 6.07) is 13.7. The van der Waals surface area contributed by atoms with Gasteiger partial charge in [-0.25, -0.2) is 4.79 Å². The van der Waals surface area contributed by atoms with E-state index in [2.05, 4.69) is 10.9 Å². The van der Waals surface area contributed by atoms with E-state index in [-0.39, 0.29) is 12.0 Å².